The van der Waals surface area contributed by atoms with Crippen LogP contribution in [0.4, 0.5) is 10.8 Å². The van der Waals surface area contributed by atoms with E-state index in [-0.39, 0.29) is 17.2 Å². The van der Waals surface area contributed by atoms with Crippen molar-refractivity contribution < 1.29 is 27.6 Å². The molecule has 0 aliphatic carbocycles. The molecule has 11 nitrogen and oxygen atoms in total. The van der Waals surface area contributed by atoms with Crippen LogP contribution < -0.4 is 10.1 Å². The largest absolute Gasteiger partial charge is 0.484 e. The number of nitro groups is 1. The number of morpholine rings is 1. The summed E-state index contributed by atoms with van der Waals surface area (Å²) in [5.74, 6) is -0.156. The van der Waals surface area contributed by atoms with E-state index < -0.39 is 20.9 Å². The van der Waals surface area contributed by atoms with Gasteiger partial charge in [-0.1, -0.05) is 11.3 Å². The van der Waals surface area contributed by atoms with Gasteiger partial charge < -0.3 is 9.47 Å². The third-order valence-corrected chi connectivity index (χ3v) is 7.46. The highest BCUT2D eigenvalue weighted by Crippen LogP contribution is 2.29. The van der Waals surface area contributed by atoms with Gasteiger partial charge in [-0.25, -0.2) is 13.4 Å². The number of aromatic nitrogens is 1. The van der Waals surface area contributed by atoms with E-state index in [1.165, 1.54) is 34.6 Å². The van der Waals surface area contributed by atoms with E-state index in [1.54, 1.807) is 12.1 Å². The van der Waals surface area contributed by atoms with Crippen molar-refractivity contribution in [3.63, 3.8) is 0 Å². The van der Waals surface area contributed by atoms with Crippen molar-refractivity contribution in [2.45, 2.75) is 4.90 Å². The van der Waals surface area contributed by atoms with Crippen molar-refractivity contribution >= 4 is 48.3 Å². The zero-order chi connectivity index (χ0) is 22.7. The van der Waals surface area contributed by atoms with Gasteiger partial charge in [-0.2, -0.15) is 4.31 Å². The van der Waals surface area contributed by atoms with Gasteiger partial charge in [-0.05, 0) is 30.3 Å². The van der Waals surface area contributed by atoms with E-state index >= 15 is 0 Å². The van der Waals surface area contributed by atoms with Crippen LogP contribution in [0.3, 0.4) is 0 Å². The molecule has 1 aliphatic heterocycles. The molecular weight excluding hydrogens is 460 g/mol. The maximum absolute atomic E-state index is 12.8. The summed E-state index contributed by atoms with van der Waals surface area (Å²) >= 11 is 1.15. The number of nitrogens with zero attached hydrogens (tertiary/aromatic N) is 3. The second-order valence-corrected chi connectivity index (χ2v) is 9.72. The van der Waals surface area contributed by atoms with Gasteiger partial charge in [-0.3, -0.25) is 20.2 Å². The molecule has 1 aliphatic rings. The Morgan fingerprint density at radius 2 is 1.94 bits per heavy atom. The van der Waals surface area contributed by atoms with Crippen LogP contribution in [0.15, 0.2) is 47.4 Å². The van der Waals surface area contributed by atoms with Crippen LogP contribution in [0.2, 0.25) is 0 Å². The third-order valence-electron chi connectivity index (χ3n) is 4.63. The molecule has 168 valence electrons. The number of hydrogen-bond donors (Lipinski definition) is 1. The van der Waals surface area contributed by atoms with Crippen molar-refractivity contribution in [2.75, 3.05) is 38.2 Å². The smallest absolute Gasteiger partial charge is 0.269 e. The Balaban J connectivity index is 1.41. The maximum Gasteiger partial charge on any atom is 0.269 e. The molecule has 0 unspecified atom stereocenters. The number of carbonyl (C=O) groups excluding carboxylic acids is 1. The average molecular weight is 479 g/mol. The molecule has 0 spiro atoms. The molecule has 2 aromatic carbocycles. The summed E-state index contributed by atoms with van der Waals surface area (Å²) in [5, 5.41) is 13.6. The number of rotatable bonds is 7. The van der Waals surface area contributed by atoms with E-state index in [4.69, 9.17) is 9.47 Å². The van der Waals surface area contributed by atoms with Crippen molar-refractivity contribution in [2.24, 2.45) is 0 Å². The van der Waals surface area contributed by atoms with Crippen molar-refractivity contribution in [1.82, 2.24) is 9.29 Å². The second-order valence-electron chi connectivity index (χ2n) is 6.75. The summed E-state index contributed by atoms with van der Waals surface area (Å²) in [7, 11) is -3.63. The Labute approximate surface area is 186 Å². The van der Waals surface area contributed by atoms with Gasteiger partial charge in [0.2, 0.25) is 10.0 Å². The highest BCUT2D eigenvalue weighted by Gasteiger charge is 2.26. The number of anilines is 1. The first-order chi connectivity index (χ1) is 15.3. The molecule has 3 aromatic rings. The summed E-state index contributed by atoms with van der Waals surface area (Å²) in [6.45, 7) is 1.02. The van der Waals surface area contributed by atoms with E-state index in [0.717, 1.165) is 11.3 Å². The Kier molecular flexibility index (Phi) is 6.32. The van der Waals surface area contributed by atoms with E-state index in [9.17, 15) is 23.3 Å². The summed E-state index contributed by atoms with van der Waals surface area (Å²) in [6.07, 6.45) is 0. The number of benzene rings is 2. The van der Waals surface area contributed by atoms with Crippen molar-refractivity contribution in [1.29, 1.82) is 0 Å². The molecule has 1 N–H and O–H groups in total. The fourth-order valence-corrected chi connectivity index (χ4v) is 5.45. The normalized spacial score (nSPS) is 14.9. The lowest BCUT2D eigenvalue weighted by molar-refractivity contribution is -0.384. The number of thiazole rings is 1. The van der Waals surface area contributed by atoms with Gasteiger partial charge in [0.25, 0.3) is 11.6 Å². The van der Waals surface area contributed by atoms with Crippen LogP contribution in [0.1, 0.15) is 0 Å². The molecular formula is C19H18N4O7S2. The predicted molar refractivity (Wildman–Crippen MR) is 116 cm³/mol. The van der Waals surface area contributed by atoms with Gasteiger partial charge in [0.1, 0.15) is 5.75 Å². The highest BCUT2D eigenvalue weighted by atomic mass is 32.2. The van der Waals surface area contributed by atoms with E-state index in [2.05, 4.69) is 10.3 Å². The number of fused-ring (bicyclic) bond motifs is 1. The van der Waals surface area contributed by atoms with Crippen molar-refractivity contribution in [3.8, 4) is 5.75 Å². The standard InChI is InChI=1S/C19H18N4O7S2/c24-18(12-30-14-3-1-13(2-4-14)23(25)26)21-19-20-16-6-5-15(11-17(16)31-19)32(27,28)22-7-9-29-10-8-22/h1-6,11H,7-10,12H2,(H,20,21,24). The Bertz CT molecular complexity index is 1250. The number of ether oxygens (including phenoxy) is 2. The number of sulfonamides is 1. The Morgan fingerprint density at radius 3 is 2.62 bits per heavy atom. The van der Waals surface area contributed by atoms with Gasteiger partial charge >= 0.3 is 0 Å². The van der Waals surface area contributed by atoms with E-state index in [1.807, 2.05) is 0 Å². The van der Waals surface area contributed by atoms with Crippen LogP contribution in [0.25, 0.3) is 10.2 Å². The average Bonchev–Trinajstić information content (AvgIpc) is 3.20. The topological polar surface area (TPSA) is 141 Å². The van der Waals surface area contributed by atoms with E-state index in [0.29, 0.717) is 47.4 Å². The SMILES string of the molecule is O=C(COc1ccc([N+](=O)[O-])cc1)Nc1nc2ccc(S(=O)(=O)N3CCOCC3)cc2s1. The lowest BCUT2D eigenvalue weighted by atomic mass is 10.3. The lowest BCUT2D eigenvalue weighted by Gasteiger charge is -2.25. The zero-order valence-corrected chi connectivity index (χ0v) is 18.2. The minimum Gasteiger partial charge on any atom is -0.484 e. The predicted octanol–water partition coefficient (Wildman–Crippen LogP) is 2.24. The quantitative estimate of drug-likeness (QED) is 0.403. The maximum atomic E-state index is 12.8. The zero-order valence-electron chi connectivity index (χ0n) is 16.6. The fraction of sp³-hybridized carbons (Fsp3) is 0.263. The van der Waals surface area contributed by atoms with Crippen LogP contribution in [0.5, 0.6) is 5.75 Å². The molecule has 1 amide bonds. The number of non-ortho nitro benzene ring substituents is 1. The summed E-state index contributed by atoms with van der Waals surface area (Å²) in [6, 6.07) is 10.0. The molecule has 0 saturated carbocycles. The highest BCUT2D eigenvalue weighted by molar-refractivity contribution is 7.89. The molecule has 4 rings (SSSR count). The van der Waals surface area contributed by atoms with Gasteiger partial charge in [0.15, 0.2) is 11.7 Å². The Morgan fingerprint density at radius 1 is 1.22 bits per heavy atom. The minimum atomic E-state index is -3.63. The molecule has 13 heteroatoms. The lowest BCUT2D eigenvalue weighted by Crippen LogP contribution is -2.40. The number of hydrogen-bond acceptors (Lipinski definition) is 9. The third kappa shape index (κ3) is 4.85. The number of amides is 1. The molecule has 1 fully saturated rings. The monoisotopic (exact) mass is 478 g/mol. The summed E-state index contributed by atoms with van der Waals surface area (Å²) < 4.78 is 38.2. The second kappa shape index (κ2) is 9.16. The van der Waals surface area contributed by atoms with Crippen LogP contribution in [-0.2, 0) is 19.6 Å². The summed E-state index contributed by atoms with van der Waals surface area (Å²) in [4.78, 5) is 26.8. The molecule has 0 bridgehead atoms. The molecule has 0 radical (unpaired) electrons. The number of carbonyl (C=O) groups is 1. The van der Waals surface area contributed by atoms with Crippen LogP contribution >= 0.6 is 11.3 Å². The molecule has 2 heterocycles. The molecule has 0 atom stereocenters. The first-order valence-electron chi connectivity index (χ1n) is 9.48. The summed E-state index contributed by atoms with van der Waals surface area (Å²) in [5.41, 5.74) is 0.480. The van der Waals surface area contributed by atoms with Crippen molar-refractivity contribution in [3.05, 3.63) is 52.6 Å². The van der Waals surface area contributed by atoms with Gasteiger partial charge in [-0.15, -0.1) is 0 Å². The fourth-order valence-electron chi connectivity index (χ4n) is 3.02. The molecule has 1 aromatic heterocycles. The van der Waals surface area contributed by atoms with Gasteiger partial charge in [0, 0.05) is 25.2 Å². The van der Waals surface area contributed by atoms with Gasteiger partial charge in [0.05, 0.1) is 33.2 Å². The molecule has 32 heavy (non-hydrogen) atoms. The first kappa shape index (κ1) is 22.1. The molecule has 1 saturated heterocycles. The first-order valence-corrected chi connectivity index (χ1v) is 11.7. The Hall–Kier alpha value is -3.13. The number of nitro benzene ring substituents is 1. The van der Waals surface area contributed by atoms with Crippen LogP contribution in [0, 0.1) is 10.1 Å². The number of nitrogens with one attached hydrogen (secondary N) is 1. The minimum absolute atomic E-state index is 0.0775. The van der Waals surface area contributed by atoms with Crippen LogP contribution in [-0.4, -0.2) is 61.4 Å².